The van der Waals surface area contributed by atoms with Crippen molar-refractivity contribution in [2.45, 2.75) is 72.6 Å². The van der Waals surface area contributed by atoms with Crippen molar-refractivity contribution in [2.24, 2.45) is 5.41 Å². The third-order valence-corrected chi connectivity index (χ3v) is 12.8. The minimum Gasteiger partial charge on any atom is -0.508 e. The van der Waals surface area contributed by atoms with Gasteiger partial charge >= 0.3 is 0 Å². The first-order valence-electron chi connectivity index (χ1n) is 22.7. The molecule has 4 aromatic carbocycles. The quantitative estimate of drug-likeness (QED) is 0.0523. The minimum absolute atomic E-state index is 0.185. The molecule has 2 atom stereocenters. The van der Waals surface area contributed by atoms with E-state index in [-0.39, 0.29) is 43.1 Å². The van der Waals surface area contributed by atoms with Crippen molar-refractivity contribution < 1.29 is 43.5 Å². The van der Waals surface area contributed by atoms with E-state index in [1.54, 1.807) is 40.5 Å². The molecular formula is C52H61N5O9S. The number of nitrogens with zero attached hydrogens (tertiary/aromatic N) is 3. The first-order valence-corrected chi connectivity index (χ1v) is 23.6. The number of carbonyl (C=O) groups excluding carboxylic acids is 3. The van der Waals surface area contributed by atoms with E-state index >= 15 is 0 Å². The predicted molar refractivity (Wildman–Crippen MR) is 259 cm³/mol. The molecule has 354 valence electrons. The third kappa shape index (κ3) is 12.6. The van der Waals surface area contributed by atoms with Crippen LogP contribution in [0.2, 0.25) is 0 Å². The summed E-state index contributed by atoms with van der Waals surface area (Å²) in [6.45, 7) is 12.7. The zero-order valence-corrected chi connectivity index (χ0v) is 39.7. The van der Waals surface area contributed by atoms with Crippen molar-refractivity contribution in [3.8, 4) is 38.9 Å². The molecule has 14 nitrogen and oxygen atoms in total. The summed E-state index contributed by atoms with van der Waals surface area (Å²) in [5.74, 6) is 0.221. The number of aryl methyl sites for hydroxylation is 2. The molecule has 3 amide bonds. The van der Waals surface area contributed by atoms with Crippen LogP contribution in [-0.4, -0.2) is 107 Å². The van der Waals surface area contributed by atoms with Crippen molar-refractivity contribution in [2.75, 3.05) is 52.8 Å². The maximum atomic E-state index is 13.9. The number of ether oxygens (including phenoxy) is 4. The summed E-state index contributed by atoms with van der Waals surface area (Å²) in [5.41, 5.74) is 9.36. The van der Waals surface area contributed by atoms with Crippen molar-refractivity contribution >= 4 is 40.0 Å². The van der Waals surface area contributed by atoms with Gasteiger partial charge in [-0.2, -0.15) is 0 Å². The summed E-state index contributed by atoms with van der Waals surface area (Å²) in [4.78, 5) is 47.3. The van der Waals surface area contributed by atoms with E-state index in [9.17, 15) is 24.6 Å². The van der Waals surface area contributed by atoms with E-state index in [1.165, 1.54) is 0 Å². The van der Waals surface area contributed by atoms with Crippen LogP contribution in [0.4, 0.5) is 0 Å². The lowest BCUT2D eigenvalue weighted by Gasteiger charge is -2.35. The number of amides is 3. The summed E-state index contributed by atoms with van der Waals surface area (Å²) in [5, 5.41) is 26.9. The van der Waals surface area contributed by atoms with Crippen LogP contribution in [0.15, 0.2) is 96.5 Å². The molecule has 15 heteroatoms. The average molecular weight is 932 g/mol. The highest BCUT2D eigenvalue weighted by molar-refractivity contribution is 7.13. The molecule has 0 saturated carbocycles. The monoisotopic (exact) mass is 931 g/mol. The van der Waals surface area contributed by atoms with Gasteiger partial charge in [-0.15, -0.1) is 11.3 Å². The first-order chi connectivity index (χ1) is 32.3. The normalized spacial score (nSPS) is 14.3. The second kappa shape index (κ2) is 22.5. The fourth-order valence-corrected chi connectivity index (χ4v) is 9.15. The number of benzene rings is 4. The van der Waals surface area contributed by atoms with Gasteiger partial charge in [0, 0.05) is 30.5 Å². The van der Waals surface area contributed by atoms with Gasteiger partial charge in [-0.3, -0.25) is 14.4 Å². The van der Waals surface area contributed by atoms with Gasteiger partial charge in [-0.05, 0) is 115 Å². The van der Waals surface area contributed by atoms with E-state index in [0.717, 1.165) is 60.7 Å². The second-order valence-corrected chi connectivity index (χ2v) is 18.7. The van der Waals surface area contributed by atoms with Crippen LogP contribution in [0, 0.1) is 19.3 Å². The topological polar surface area (TPSA) is 174 Å². The molecule has 6 aromatic rings. The van der Waals surface area contributed by atoms with Gasteiger partial charge in [0.25, 0.3) is 0 Å². The Hall–Kier alpha value is -6.26. The van der Waals surface area contributed by atoms with Gasteiger partial charge in [-0.1, -0.05) is 57.2 Å². The third-order valence-electron chi connectivity index (χ3n) is 11.9. The number of nitrogens with one attached hydrogen (secondary N) is 2. The fourth-order valence-electron chi connectivity index (χ4n) is 8.34. The number of hydrogen-bond acceptors (Lipinski definition) is 11. The van der Waals surface area contributed by atoms with Gasteiger partial charge in [0.15, 0.2) is 0 Å². The molecule has 1 saturated heterocycles. The summed E-state index contributed by atoms with van der Waals surface area (Å²) in [6, 6.07) is 27.1. The standard InChI is InChI=1S/C52H61N5O9S/c1-34-43-29-41(59)18-21-44(43)57(47(34)38-14-16-40(58)17-15-38)31-37-10-19-42(20-11-37)66-28-27-64-24-23-63-25-26-65-32-46(60)55-49(52(3,4)5)51(62)56-22-6-7-45(56)50(61)53-30-36-8-12-39(13-9-36)48-35(2)54-33-67-48/h8-21,29,33,45,49,58-59H,6-7,22-28,30-32H2,1-5H3,(H,53,61)(H,55,60)/t45-,49+/m0/s1. The smallest absolute Gasteiger partial charge is 0.246 e. The number of likely N-dealkylation sites (tertiary alicyclic amines) is 1. The molecule has 4 N–H and O–H groups in total. The van der Waals surface area contributed by atoms with E-state index in [2.05, 4.69) is 20.2 Å². The van der Waals surface area contributed by atoms with E-state index in [4.69, 9.17) is 18.9 Å². The van der Waals surface area contributed by atoms with Gasteiger partial charge < -0.3 is 49.3 Å². The lowest BCUT2D eigenvalue weighted by atomic mass is 9.85. The zero-order valence-electron chi connectivity index (χ0n) is 38.9. The summed E-state index contributed by atoms with van der Waals surface area (Å²) in [7, 11) is 0. The highest BCUT2D eigenvalue weighted by Crippen LogP contribution is 2.36. The Kier molecular flexibility index (Phi) is 16.3. The molecular weight excluding hydrogens is 871 g/mol. The highest BCUT2D eigenvalue weighted by Gasteiger charge is 2.41. The Bertz CT molecular complexity index is 2600. The number of hydrogen-bond donors (Lipinski definition) is 4. The molecule has 0 spiro atoms. The fraction of sp³-hybridized carbons (Fsp3) is 0.385. The van der Waals surface area contributed by atoms with Crippen molar-refractivity contribution in [1.29, 1.82) is 0 Å². The number of rotatable bonds is 21. The van der Waals surface area contributed by atoms with Crippen molar-refractivity contribution in [3.63, 3.8) is 0 Å². The van der Waals surface area contributed by atoms with Gasteiger partial charge in [0.05, 0.1) is 54.8 Å². The molecule has 2 aromatic heterocycles. The predicted octanol–water partition coefficient (Wildman–Crippen LogP) is 7.78. The Balaban J connectivity index is 0.769. The summed E-state index contributed by atoms with van der Waals surface area (Å²) >= 11 is 1.59. The molecule has 0 bridgehead atoms. The van der Waals surface area contributed by atoms with Crippen LogP contribution in [0.3, 0.4) is 0 Å². The summed E-state index contributed by atoms with van der Waals surface area (Å²) < 4.78 is 25.0. The molecule has 1 fully saturated rings. The van der Waals surface area contributed by atoms with Crippen LogP contribution in [0.25, 0.3) is 32.6 Å². The molecule has 0 radical (unpaired) electrons. The molecule has 67 heavy (non-hydrogen) atoms. The van der Waals surface area contributed by atoms with Gasteiger partial charge in [0.1, 0.15) is 42.5 Å². The Morgan fingerprint density at radius 2 is 1.45 bits per heavy atom. The maximum absolute atomic E-state index is 13.9. The molecule has 1 aliphatic rings. The van der Waals surface area contributed by atoms with E-state index in [1.807, 2.05) is 107 Å². The van der Waals surface area contributed by atoms with Crippen LogP contribution in [0.5, 0.6) is 17.2 Å². The molecule has 1 aliphatic heterocycles. The number of phenolic OH excluding ortho intramolecular Hbond substituents is 2. The lowest BCUT2D eigenvalue weighted by molar-refractivity contribution is -0.144. The van der Waals surface area contributed by atoms with Crippen molar-refractivity contribution in [1.82, 2.24) is 25.1 Å². The lowest BCUT2D eigenvalue weighted by Crippen LogP contribution is -2.58. The summed E-state index contributed by atoms with van der Waals surface area (Å²) in [6.07, 6.45) is 1.25. The highest BCUT2D eigenvalue weighted by atomic mass is 32.1. The Morgan fingerprint density at radius 3 is 2.12 bits per heavy atom. The molecule has 7 rings (SSSR count). The largest absolute Gasteiger partial charge is 0.508 e. The van der Waals surface area contributed by atoms with Gasteiger partial charge in [0.2, 0.25) is 17.7 Å². The number of phenols is 2. The van der Waals surface area contributed by atoms with E-state index < -0.39 is 23.4 Å². The first kappa shape index (κ1) is 48.7. The number of carbonyl (C=O) groups is 3. The van der Waals surface area contributed by atoms with Crippen LogP contribution < -0.4 is 15.4 Å². The van der Waals surface area contributed by atoms with Crippen LogP contribution >= 0.6 is 11.3 Å². The zero-order chi connectivity index (χ0) is 47.5. The van der Waals surface area contributed by atoms with Gasteiger partial charge in [-0.25, -0.2) is 4.98 Å². The van der Waals surface area contributed by atoms with Crippen LogP contribution in [0.1, 0.15) is 56.0 Å². The second-order valence-electron chi connectivity index (χ2n) is 17.8. The number of aromatic nitrogens is 2. The molecule has 0 aliphatic carbocycles. The average Bonchev–Trinajstić information content (AvgIpc) is 4.05. The SMILES string of the molecule is Cc1ncsc1-c1ccc(CNC(=O)[C@@H]2CCCN2C(=O)[C@@H](NC(=O)COCCOCCOCCOc2ccc(Cn3c(-c4ccc(O)cc4)c(C)c4cc(O)ccc43)cc2)C(C)(C)C)cc1. The number of thiazole rings is 1. The Labute approximate surface area is 395 Å². The van der Waals surface area contributed by atoms with E-state index in [0.29, 0.717) is 58.9 Å². The van der Waals surface area contributed by atoms with Crippen LogP contribution in [-0.2, 0) is 41.7 Å². The Morgan fingerprint density at radius 1 is 0.806 bits per heavy atom. The maximum Gasteiger partial charge on any atom is 0.246 e. The molecule has 3 heterocycles. The van der Waals surface area contributed by atoms with Crippen molar-refractivity contribution in [3.05, 3.63) is 119 Å². The molecule has 0 unspecified atom stereocenters. The number of fused-ring (bicyclic) bond motifs is 1. The minimum atomic E-state index is -0.846. The number of aromatic hydroxyl groups is 2.